The molecule has 6 heteroatoms. The predicted octanol–water partition coefficient (Wildman–Crippen LogP) is 4.92. The molecule has 1 rings (SSSR count). The van der Waals surface area contributed by atoms with Crippen molar-refractivity contribution in [3.8, 4) is 0 Å². The van der Waals surface area contributed by atoms with Crippen LogP contribution in [-0.4, -0.2) is 0 Å². The molecule has 0 aromatic heterocycles. The van der Waals surface area contributed by atoms with E-state index >= 15 is 0 Å². The van der Waals surface area contributed by atoms with E-state index in [1.54, 1.807) is 0 Å². The first-order valence-corrected chi connectivity index (χ1v) is 5.78. The molecule has 0 saturated heterocycles. The van der Waals surface area contributed by atoms with Gasteiger partial charge < -0.3 is 0 Å². The second-order valence-corrected chi connectivity index (χ2v) is 4.94. The molecule has 3 nitrogen and oxygen atoms in total. The normalized spacial score (nSPS) is 11.9. The maximum atomic E-state index is 8.24. The van der Waals surface area contributed by atoms with Crippen LogP contribution >= 0.6 is 47.8 Å². The van der Waals surface area contributed by atoms with Gasteiger partial charge in [0.1, 0.15) is 4.95 Å². The van der Waals surface area contributed by atoms with Crippen molar-refractivity contribution in [2.75, 3.05) is 0 Å². The highest BCUT2D eigenvalue weighted by Gasteiger charge is 2.05. The van der Waals surface area contributed by atoms with Crippen LogP contribution in [0.5, 0.6) is 0 Å². The van der Waals surface area contributed by atoms with Crippen LogP contribution in [0.15, 0.2) is 32.3 Å². The summed E-state index contributed by atoms with van der Waals surface area (Å²) in [6, 6.07) is 5.69. The molecule has 0 bridgehead atoms. The van der Waals surface area contributed by atoms with Crippen LogP contribution in [0, 0.1) is 0 Å². The van der Waals surface area contributed by atoms with Crippen molar-refractivity contribution < 1.29 is 0 Å². The van der Waals surface area contributed by atoms with E-state index in [1.807, 2.05) is 18.2 Å². The Morgan fingerprint density at radius 2 is 1.77 bits per heavy atom. The summed E-state index contributed by atoms with van der Waals surface area (Å²) in [5.41, 5.74) is 9.14. The summed E-state index contributed by atoms with van der Waals surface area (Å²) >= 11 is 9.95. The summed E-state index contributed by atoms with van der Waals surface area (Å²) in [5.74, 6) is 0. The Kier molecular flexibility index (Phi) is 4.25. The monoisotopic (exact) mass is 367 g/mol. The van der Waals surface area contributed by atoms with Crippen LogP contribution in [0.1, 0.15) is 10.5 Å². The quantitative estimate of drug-likeness (QED) is 0.234. The van der Waals surface area contributed by atoms with Crippen molar-refractivity contribution in [3.63, 3.8) is 0 Å². The lowest BCUT2D eigenvalue weighted by atomic mass is 10.2. The summed E-state index contributed by atoms with van der Waals surface area (Å²) in [6.07, 6.45) is 0. The molecule has 1 aromatic rings. The minimum absolute atomic E-state index is 0.328. The molecule has 1 atom stereocenters. The van der Waals surface area contributed by atoms with E-state index < -0.39 is 0 Å². The van der Waals surface area contributed by atoms with Gasteiger partial charge in [-0.05, 0) is 29.3 Å². The lowest BCUT2D eigenvalue weighted by Crippen LogP contribution is -1.84. The van der Waals surface area contributed by atoms with Gasteiger partial charge in [-0.15, -0.1) is 0 Å². The third kappa shape index (κ3) is 3.31. The van der Waals surface area contributed by atoms with Crippen molar-refractivity contribution in [3.05, 3.63) is 43.2 Å². The van der Waals surface area contributed by atoms with Gasteiger partial charge in [0.05, 0.1) is 0 Å². The highest BCUT2D eigenvalue weighted by molar-refractivity contribution is 9.11. The van der Waals surface area contributed by atoms with Crippen LogP contribution in [0.25, 0.3) is 10.4 Å². The van der Waals surface area contributed by atoms with Crippen LogP contribution in [0.4, 0.5) is 0 Å². The molecule has 0 amide bonds. The molecule has 0 aliphatic heterocycles. The second kappa shape index (κ2) is 5.00. The average Bonchev–Trinajstić information content (AvgIpc) is 2.03. The van der Waals surface area contributed by atoms with Gasteiger partial charge in [0.25, 0.3) is 0 Å². The number of hydrogen-bond acceptors (Lipinski definition) is 1. The van der Waals surface area contributed by atoms with Crippen LogP contribution in [-0.2, 0) is 0 Å². The Morgan fingerprint density at radius 3 is 2.23 bits per heavy atom. The third-order valence-electron chi connectivity index (χ3n) is 1.31. The van der Waals surface area contributed by atoms with Gasteiger partial charge in [-0.3, -0.25) is 0 Å². The fraction of sp³-hybridized carbons (Fsp3) is 0.143. The zero-order chi connectivity index (χ0) is 9.84. The fourth-order valence-corrected chi connectivity index (χ4v) is 2.50. The van der Waals surface area contributed by atoms with Crippen molar-refractivity contribution in [2.24, 2.45) is 5.11 Å². The number of nitrogens with zero attached hydrogens (tertiary/aromatic N) is 3. The molecular weight excluding hydrogens is 366 g/mol. The summed E-state index contributed by atoms with van der Waals surface area (Å²) in [4.78, 5) is 2.39. The van der Waals surface area contributed by atoms with Gasteiger partial charge in [-0.25, -0.2) is 0 Å². The van der Waals surface area contributed by atoms with Crippen molar-refractivity contribution in [1.29, 1.82) is 0 Å². The molecule has 68 valence electrons. The third-order valence-corrected chi connectivity index (χ3v) is 2.94. The van der Waals surface area contributed by atoms with Crippen molar-refractivity contribution in [2.45, 2.75) is 4.95 Å². The van der Waals surface area contributed by atoms with Crippen molar-refractivity contribution >= 4 is 47.8 Å². The lowest BCUT2D eigenvalue weighted by molar-refractivity contribution is 1.03. The Balaban J connectivity index is 3.07. The SMILES string of the molecule is [N-]=[N+]=NC(Br)c1cc(Br)cc(Br)c1. The number of rotatable bonds is 2. The number of hydrogen-bond donors (Lipinski definition) is 0. The molecule has 0 radical (unpaired) electrons. The first-order valence-electron chi connectivity index (χ1n) is 3.28. The Hall–Kier alpha value is -0.0300. The van der Waals surface area contributed by atoms with E-state index in [9.17, 15) is 0 Å². The molecule has 0 fully saturated rings. The predicted molar refractivity (Wildman–Crippen MR) is 62.7 cm³/mol. The van der Waals surface area contributed by atoms with E-state index in [0.717, 1.165) is 14.5 Å². The molecule has 0 spiro atoms. The van der Waals surface area contributed by atoms with Crippen LogP contribution in [0.2, 0.25) is 0 Å². The zero-order valence-corrected chi connectivity index (χ0v) is 11.0. The first-order chi connectivity index (χ1) is 6.13. The number of halogens is 3. The van der Waals surface area contributed by atoms with Crippen LogP contribution in [0.3, 0.4) is 0 Å². The molecular formula is C7H4Br3N3. The van der Waals surface area contributed by atoms with E-state index in [1.165, 1.54) is 0 Å². The smallest absolute Gasteiger partial charge is 0.0777 e. The summed E-state index contributed by atoms with van der Waals surface area (Å²) in [6.45, 7) is 0. The Morgan fingerprint density at radius 1 is 1.23 bits per heavy atom. The lowest BCUT2D eigenvalue weighted by Gasteiger charge is -2.04. The van der Waals surface area contributed by atoms with Gasteiger partial charge in [0.2, 0.25) is 0 Å². The zero-order valence-electron chi connectivity index (χ0n) is 6.28. The second-order valence-electron chi connectivity index (χ2n) is 2.24. The average molecular weight is 370 g/mol. The summed E-state index contributed by atoms with van der Waals surface area (Å²) < 4.78 is 1.88. The molecule has 1 aromatic carbocycles. The van der Waals surface area contributed by atoms with Crippen molar-refractivity contribution in [1.82, 2.24) is 0 Å². The molecule has 13 heavy (non-hydrogen) atoms. The van der Waals surface area contributed by atoms with E-state index in [4.69, 9.17) is 5.53 Å². The van der Waals surface area contributed by atoms with E-state index in [2.05, 4.69) is 57.8 Å². The highest BCUT2D eigenvalue weighted by atomic mass is 79.9. The Labute approximate surface area is 101 Å². The number of benzene rings is 1. The fourth-order valence-electron chi connectivity index (χ4n) is 0.825. The highest BCUT2D eigenvalue weighted by Crippen LogP contribution is 2.29. The van der Waals surface area contributed by atoms with Gasteiger partial charge in [0.15, 0.2) is 0 Å². The summed E-state index contributed by atoms with van der Waals surface area (Å²) in [7, 11) is 0. The maximum Gasteiger partial charge on any atom is 0.118 e. The molecule has 1 unspecified atom stereocenters. The van der Waals surface area contributed by atoms with Gasteiger partial charge in [0, 0.05) is 13.9 Å². The summed E-state index contributed by atoms with van der Waals surface area (Å²) in [5, 5.41) is 3.53. The molecule has 0 aliphatic carbocycles. The molecule has 0 heterocycles. The Bertz CT molecular complexity index is 340. The largest absolute Gasteiger partial charge is 0.118 e. The van der Waals surface area contributed by atoms with E-state index in [-0.39, 0.29) is 4.95 Å². The first kappa shape index (κ1) is 11.0. The topological polar surface area (TPSA) is 48.8 Å². The van der Waals surface area contributed by atoms with E-state index in [0.29, 0.717) is 0 Å². The molecule has 0 saturated carbocycles. The standard InChI is InChI=1S/C7H4Br3N3/c8-5-1-4(2-6(9)3-5)7(10)12-13-11/h1-3,7H. The van der Waals surface area contributed by atoms with Crippen LogP contribution < -0.4 is 0 Å². The van der Waals surface area contributed by atoms with Gasteiger partial charge in [-0.2, -0.15) is 0 Å². The maximum absolute atomic E-state index is 8.24. The number of alkyl halides is 1. The molecule has 0 aliphatic rings. The minimum atomic E-state index is -0.328. The minimum Gasteiger partial charge on any atom is -0.0777 e. The number of azide groups is 1. The molecule has 0 N–H and O–H groups in total. The van der Waals surface area contributed by atoms with Gasteiger partial charge >= 0.3 is 0 Å². The van der Waals surface area contributed by atoms with Gasteiger partial charge in [-0.1, -0.05) is 52.9 Å².